The fourth-order valence-corrected chi connectivity index (χ4v) is 3.84. The van der Waals surface area contributed by atoms with Crippen molar-refractivity contribution in [3.63, 3.8) is 0 Å². The van der Waals surface area contributed by atoms with Crippen molar-refractivity contribution in [2.24, 2.45) is 0 Å². The van der Waals surface area contributed by atoms with Crippen molar-refractivity contribution < 1.29 is 4.39 Å². The van der Waals surface area contributed by atoms with E-state index in [1.54, 1.807) is 36.7 Å². The van der Waals surface area contributed by atoms with Gasteiger partial charge in [0.25, 0.3) is 5.56 Å². The van der Waals surface area contributed by atoms with Crippen LogP contribution in [0.3, 0.4) is 0 Å². The van der Waals surface area contributed by atoms with Crippen LogP contribution in [0, 0.1) is 5.82 Å². The SMILES string of the molecule is C[C@H](Nc1ncnc2[nH]cnc12)c1cc2ccc(F)cc2c(=O)n1-c1cccc(Cl)c1. The number of hydrogen-bond acceptors (Lipinski definition) is 5. The summed E-state index contributed by atoms with van der Waals surface area (Å²) < 4.78 is 15.4. The average molecular weight is 435 g/mol. The Hall–Kier alpha value is -3.78. The van der Waals surface area contributed by atoms with Gasteiger partial charge in [-0.15, -0.1) is 0 Å². The molecule has 3 aromatic heterocycles. The summed E-state index contributed by atoms with van der Waals surface area (Å²) in [5.74, 6) is 0.0612. The topological polar surface area (TPSA) is 88.5 Å². The molecule has 9 heteroatoms. The smallest absolute Gasteiger partial charge is 0.263 e. The van der Waals surface area contributed by atoms with E-state index in [1.807, 2.05) is 13.0 Å². The zero-order valence-electron chi connectivity index (χ0n) is 16.3. The third-order valence-electron chi connectivity index (χ3n) is 5.09. The molecule has 0 unspecified atom stereocenters. The zero-order chi connectivity index (χ0) is 21.5. The summed E-state index contributed by atoms with van der Waals surface area (Å²) in [5.41, 5.74) is 2.10. The maximum absolute atomic E-state index is 13.9. The van der Waals surface area contributed by atoms with Crippen molar-refractivity contribution in [1.82, 2.24) is 24.5 Å². The molecule has 0 spiro atoms. The molecule has 5 rings (SSSR count). The molecule has 31 heavy (non-hydrogen) atoms. The number of rotatable bonds is 4. The highest BCUT2D eigenvalue weighted by molar-refractivity contribution is 6.30. The number of nitrogens with zero attached hydrogens (tertiary/aromatic N) is 4. The number of halogens is 2. The minimum Gasteiger partial charge on any atom is -0.360 e. The predicted octanol–water partition coefficient (Wildman–Crippen LogP) is 4.62. The summed E-state index contributed by atoms with van der Waals surface area (Å²) in [5, 5.41) is 4.73. The fourth-order valence-electron chi connectivity index (χ4n) is 3.65. The highest BCUT2D eigenvalue weighted by Gasteiger charge is 2.18. The molecule has 0 aliphatic heterocycles. The van der Waals surface area contributed by atoms with E-state index in [1.165, 1.54) is 23.0 Å². The number of pyridine rings is 1. The number of anilines is 1. The zero-order valence-corrected chi connectivity index (χ0v) is 17.1. The Morgan fingerprint density at radius 3 is 2.84 bits per heavy atom. The van der Waals surface area contributed by atoms with E-state index in [2.05, 4.69) is 25.3 Å². The number of H-pyrrole nitrogens is 1. The van der Waals surface area contributed by atoms with Crippen LogP contribution < -0.4 is 10.9 Å². The lowest BCUT2D eigenvalue weighted by molar-refractivity contribution is 0.629. The van der Waals surface area contributed by atoms with E-state index in [0.29, 0.717) is 38.8 Å². The van der Waals surface area contributed by atoms with E-state index < -0.39 is 5.82 Å². The summed E-state index contributed by atoms with van der Waals surface area (Å²) in [6.45, 7) is 1.91. The first kappa shape index (κ1) is 19.2. The molecule has 0 aliphatic rings. The maximum Gasteiger partial charge on any atom is 0.263 e. The summed E-state index contributed by atoms with van der Waals surface area (Å²) in [6.07, 6.45) is 2.98. The molecule has 2 aromatic carbocycles. The number of fused-ring (bicyclic) bond motifs is 2. The lowest BCUT2D eigenvalue weighted by Gasteiger charge is -2.21. The van der Waals surface area contributed by atoms with Gasteiger partial charge in [0.05, 0.1) is 23.4 Å². The van der Waals surface area contributed by atoms with Crippen molar-refractivity contribution in [2.45, 2.75) is 13.0 Å². The summed E-state index contributed by atoms with van der Waals surface area (Å²) in [7, 11) is 0. The van der Waals surface area contributed by atoms with Crippen LogP contribution in [0.25, 0.3) is 27.6 Å². The van der Waals surface area contributed by atoms with Gasteiger partial charge in [0.2, 0.25) is 0 Å². The van der Waals surface area contributed by atoms with Crippen LogP contribution in [0.2, 0.25) is 5.02 Å². The molecule has 7 nitrogen and oxygen atoms in total. The van der Waals surface area contributed by atoms with Gasteiger partial charge >= 0.3 is 0 Å². The maximum atomic E-state index is 13.9. The average Bonchev–Trinajstić information content (AvgIpc) is 3.24. The number of hydrogen-bond donors (Lipinski definition) is 2. The van der Waals surface area contributed by atoms with E-state index >= 15 is 0 Å². The third kappa shape index (κ3) is 3.40. The van der Waals surface area contributed by atoms with Crippen LogP contribution in [-0.4, -0.2) is 24.5 Å². The quantitative estimate of drug-likeness (QED) is 0.431. The van der Waals surface area contributed by atoms with Crippen molar-refractivity contribution in [2.75, 3.05) is 5.32 Å². The van der Waals surface area contributed by atoms with E-state index in [-0.39, 0.29) is 17.0 Å². The number of nitrogens with one attached hydrogen (secondary N) is 2. The first-order valence-corrected chi connectivity index (χ1v) is 9.91. The van der Waals surface area contributed by atoms with Crippen molar-refractivity contribution in [3.05, 3.63) is 88.1 Å². The molecule has 0 fully saturated rings. The molecule has 0 saturated carbocycles. The molecule has 1 atom stereocenters. The molecule has 154 valence electrons. The number of aromatic amines is 1. The van der Waals surface area contributed by atoms with Crippen molar-refractivity contribution in [1.29, 1.82) is 0 Å². The highest BCUT2D eigenvalue weighted by Crippen LogP contribution is 2.26. The largest absolute Gasteiger partial charge is 0.360 e. The second kappa shape index (κ2) is 7.48. The number of benzene rings is 2. The molecular weight excluding hydrogens is 419 g/mol. The minimum absolute atomic E-state index is 0.285. The molecule has 3 heterocycles. The van der Waals surface area contributed by atoms with Crippen molar-refractivity contribution >= 4 is 39.4 Å². The molecule has 0 radical (unpaired) electrons. The van der Waals surface area contributed by atoms with Crippen LogP contribution >= 0.6 is 11.6 Å². The lowest BCUT2D eigenvalue weighted by atomic mass is 10.1. The monoisotopic (exact) mass is 434 g/mol. The lowest BCUT2D eigenvalue weighted by Crippen LogP contribution is -2.25. The molecule has 0 aliphatic carbocycles. The summed E-state index contributed by atoms with van der Waals surface area (Å²) in [6, 6.07) is 12.7. The molecule has 0 amide bonds. The Balaban J connectivity index is 1.71. The van der Waals surface area contributed by atoms with Gasteiger partial charge in [-0.05, 0) is 48.7 Å². The van der Waals surface area contributed by atoms with Crippen LogP contribution in [0.5, 0.6) is 0 Å². The second-order valence-electron chi connectivity index (χ2n) is 7.11. The van der Waals surface area contributed by atoms with Gasteiger partial charge in [0.1, 0.15) is 17.7 Å². The standard InChI is InChI=1S/C22H16ClFN6O/c1-12(29-21-19-20(26-10-25-19)27-11-28-21)18-7-13-5-6-15(24)9-17(13)22(31)30(18)16-4-2-3-14(23)8-16/h2-12H,1H3,(H2,25,26,27,28,29)/t12-/m0/s1. The van der Waals surface area contributed by atoms with Gasteiger partial charge < -0.3 is 10.3 Å². The molecule has 5 aromatic rings. The number of imidazole rings is 1. The normalized spacial score (nSPS) is 12.4. The highest BCUT2D eigenvalue weighted by atomic mass is 35.5. The Morgan fingerprint density at radius 2 is 2.00 bits per heavy atom. The molecule has 2 N–H and O–H groups in total. The van der Waals surface area contributed by atoms with Gasteiger partial charge in [-0.3, -0.25) is 9.36 Å². The fraction of sp³-hybridized carbons (Fsp3) is 0.0909. The van der Waals surface area contributed by atoms with E-state index in [0.717, 1.165) is 0 Å². The minimum atomic E-state index is -0.469. The van der Waals surface area contributed by atoms with Crippen LogP contribution in [0.1, 0.15) is 18.7 Å². The molecule has 0 bridgehead atoms. The van der Waals surface area contributed by atoms with Gasteiger partial charge in [0, 0.05) is 10.7 Å². The first-order chi connectivity index (χ1) is 15.0. The van der Waals surface area contributed by atoms with E-state index in [4.69, 9.17) is 11.6 Å². The Bertz CT molecular complexity index is 1490. The van der Waals surface area contributed by atoms with Crippen molar-refractivity contribution in [3.8, 4) is 5.69 Å². The first-order valence-electron chi connectivity index (χ1n) is 9.53. The number of aromatic nitrogens is 5. The molecular formula is C22H16ClFN6O. The van der Waals surface area contributed by atoms with E-state index in [9.17, 15) is 9.18 Å². The van der Waals surface area contributed by atoms with Gasteiger partial charge in [-0.2, -0.15) is 0 Å². The Kier molecular flexibility index (Phi) is 4.63. The second-order valence-corrected chi connectivity index (χ2v) is 7.55. The third-order valence-corrected chi connectivity index (χ3v) is 5.33. The Labute approximate surface area is 180 Å². The van der Waals surface area contributed by atoms with Crippen LogP contribution in [0.4, 0.5) is 10.2 Å². The van der Waals surface area contributed by atoms with Gasteiger partial charge in [-0.25, -0.2) is 19.3 Å². The molecule has 0 saturated heterocycles. The van der Waals surface area contributed by atoms with Gasteiger partial charge in [0.15, 0.2) is 11.5 Å². The van der Waals surface area contributed by atoms with Gasteiger partial charge in [-0.1, -0.05) is 23.7 Å². The summed E-state index contributed by atoms with van der Waals surface area (Å²) >= 11 is 6.19. The van der Waals surface area contributed by atoms with Crippen LogP contribution in [0.15, 0.2) is 66.0 Å². The van der Waals surface area contributed by atoms with Crippen LogP contribution in [-0.2, 0) is 0 Å². The predicted molar refractivity (Wildman–Crippen MR) is 118 cm³/mol. The Morgan fingerprint density at radius 1 is 1.13 bits per heavy atom. The summed E-state index contributed by atoms with van der Waals surface area (Å²) in [4.78, 5) is 29.1.